The van der Waals surface area contributed by atoms with Crippen LogP contribution in [0.1, 0.15) is 26.7 Å². The van der Waals surface area contributed by atoms with Crippen molar-refractivity contribution in [3.8, 4) is 0 Å². The van der Waals surface area contributed by atoms with Crippen LogP contribution >= 0.6 is 0 Å². The first-order chi connectivity index (χ1) is 7.58. The third-order valence-corrected chi connectivity index (χ3v) is 3.94. The lowest BCUT2D eigenvalue weighted by Crippen LogP contribution is -2.55. The molecule has 1 amide bonds. The summed E-state index contributed by atoms with van der Waals surface area (Å²) >= 11 is 0. The van der Waals surface area contributed by atoms with Gasteiger partial charge in [0.25, 0.3) is 0 Å². The molecule has 2 aliphatic heterocycles. The van der Waals surface area contributed by atoms with Gasteiger partial charge in [0.05, 0.1) is 6.04 Å². The molecule has 0 aromatic heterocycles. The topological polar surface area (TPSA) is 35.6 Å². The van der Waals surface area contributed by atoms with Crippen molar-refractivity contribution in [3.05, 3.63) is 0 Å². The van der Waals surface area contributed by atoms with Gasteiger partial charge < -0.3 is 15.1 Å². The molecule has 4 nitrogen and oxygen atoms in total. The first kappa shape index (κ1) is 11.9. The van der Waals surface area contributed by atoms with Gasteiger partial charge in [0.1, 0.15) is 0 Å². The summed E-state index contributed by atoms with van der Waals surface area (Å²) in [6.07, 6.45) is 2.13. The zero-order valence-corrected chi connectivity index (χ0v) is 10.6. The van der Waals surface area contributed by atoms with E-state index in [0.29, 0.717) is 18.0 Å². The number of hydrogen-bond donors (Lipinski definition) is 1. The smallest absolute Gasteiger partial charge is 0.239 e. The van der Waals surface area contributed by atoms with E-state index in [1.54, 1.807) is 0 Å². The first-order valence-electron chi connectivity index (χ1n) is 6.33. The summed E-state index contributed by atoms with van der Waals surface area (Å²) in [4.78, 5) is 16.6. The molecule has 2 heterocycles. The second-order valence-corrected chi connectivity index (χ2v) is 5.31. The second kappa shape index (κ2) is 4.72. The minimum atomic E-state index is 0.0746. The Kier molecular flexibility index (Phi) is 3.50. The van der Waals surface area contributed by atoms with Crippen LogP contribution in [-0.2, 0) is 4.79 Å². The van der Waals surface area contributed by atoms with Gasteiger partial charge in [-0.3, -0.25) is 4.79 Å². The molecule has 16 heavy (non-hydrogen) atoms. The van der Waals surface area contributed by atoms with Crippen molar-refractivity contribution >= 4 is 5.91 Å². The van der Waals surface area contributed by atoms with Crippen molar-refractivity contribution in [3.63, 3.8) is 0 Å². The summed E-state index contributed by atoms with van der Waals surface area (Å²) in [6.45, 7) is 7.09. The molecule has 0 spiro atoms. The maximum absolute atomic E-state index is 12.2. The second-order valence-electron chi connectivity index (χ2n) is 5.31. The fourth-order valence-corrected chi connectivity index (χ4v) is 2.59. The molecule has 2 fully saturated rings. The Balaban J connectivity index is 1.90. The predicted molar refractivity (Wildman–Crippen MR) is 64.3 cm³/mol. The van der Waals surface area contributed by atoms with Crippen molar-refractivity contribution in [1.82, 2.24) is 15.1 Å². The quantitative estimate of drug-likeness (QED) is 0.697. The zero-order chi connectivity index (χ0) is 11.7. The number of amides is 1. The lowest BCUT2D eigenvalue weighted by atomic mass is 10.1. The third kappa shape index (κ3) is 2.38. The minimum Gasteiger partial charge on any atom is -0.339 e. The Morgan fingerprint density at radius 2 is 2.00 bits per heavy atom. The molecule has 1 N–H and O–H groups in total. The molecule has 0 aromatic rings. The van der Waals surface area contributed by atoms with Gasteiger partial charge in [-0.05, 0) is 33.7 Å². The van der Waals surface area contributed by atoms with E-state index in [4.69, 9.17) is 0 Å². The van der Waals surface area contributed by atoms with Crippen molar-refractivity contribution in [2.24, 2.45) is 0 Å². The van der Waals surface area contributed by atoms with Gasteiger partial charge in [-0.25, -0.2) is 0 Å². The molecule has 2 aliphatic rings. The molecule has 0 unspecified atom stereocenters. The van der Waals surface area contributed by atoms with Crippen LogP contribution in [0.15, 0.2) is 0 Å². The molecule has 0 bridgehead atoms. The highest BCUT2D eigenvalue weighted by atomic mass is 16.2. The number of hydrogen-bond acceptors (Lipinski definition) is 3. The molecular formula is C12H23N3O. The SMILES string of the molecule is C[C@@H]1CC[C@H](C(=O)N2CCN(C)[C@H](C)C2)N1. The summed E-state index contributed by atoms with van der Waals surface area (Å²) in [5, 5.41) is 3.37. The normalized spacial score (nSPS) is 36.7. The number of rotatable bonds is 1. The first-order valence-corrected chi connectivity index (χ1v) is 6.33. The summed E-state index contributed by atoms with van der Waals surface area (Å²) in [5.74, 6) is 0.310. The summed E-state index contributed by atoms with van der Waals surface area (Å²) in [6, 6.07) is 1.06. The van der Waals surface area contributed by atoms with E-state index in [0.717, 1.165) is 32.5 Å². The number of nitrogens with one attached hydrogen (secondary N) is 1. The Morgan fingerprint density at radius 3 is 2.56 bits per heavy atom. The van der Waals surface area contributed by atoms with Gasteiger partial charge in [0, 0.05) is 31.7 Å². The van der Waals surface area contributed by atoms with Gasteiger partial charge in [-0.15, -0.1) is 0 Å². The van der Waals surface area contributed by atoms with E-state index >= 15 is 0 Å². The van der Waals surface area contributed by atoms with Crippen molar-refractivity contribution in [1.29, 1.82) is 0 Å². The Bertz CT molecular complexity index is 269. The van der Waals surface area contributed by atoms with E-state index < -0.39 is 0 Å². The Hall–Kier alpha value is -0.610. The van der Waals surface area contributed by atoms with Crippen molar-refractivity contribution in [2.45, 2.75) is 44.8 Å². The van der Waals surface area contributed by atoms with E-state index in [1.807, 2.05) is 4.90 Å². The Labute approximate surface area is 98.0 Å². The van der Waals surface area contributed by atoms with Crippen molar-refractivity contribution < 1.29 is 4.79 Å². The van der Waals surface area contributed by atoms with Crippen LogP contribution in [0.5, 0.6) is 0 Å². The highest BCUT2D eigenvalue weighted by molar-refractivity contribution is 5.82. The van der Waals surface area contributed by atoms with E-state index in [2.05, 4.69) is 31.1 Å². The number of carbonyl (C=O) groups is 1. The van der Waals surface area contributed by atoms with Gasteiger partial charge in [0.15, 0.2) is 0 Å². The van der Waals surface area contributed by atoms with Crippen LogP contribution < -0.4 is 5.32 Å². The van der Waals surface area contributed by atoms with Gasteiger partial charge in [0.2, 0.25) is 5.91 Å². The average Bonchev–Trinajstić information content (AvgIpc) is 2.68. The number of nitrogens with zero attached hydrogens (tertiary/aromatic N) is 2. The highest BCUT2D eigenvalue weighted by Gasteiger charge is 2.32. The van der Waals surface area contributed by atoms with E-state index in [9.17, 15) is 4.79 Å². The lowest BCUT2D eigenvalue weighted by molar-refractivity contribution is -0.135. The maximum atomic E-state index is 12.2. The van der Waals surface area contributed by atoms with Crippen LogP contribution in [-0.4, -0.2) is 60.5 Å². The maximum Gasteiger partial charge on any atom is 0.239 e. The standard InChI is InChI=1S/C12H23N3O/c1-9-4-5-11(13-9)12(16)15-7-6-14(3)10(2)8-15/h9-11,13H,4-8H2,1-3H3/t9-,10-,11-/m1/s1. The average molecular weight is 225 g/mol. The third-order valence-electron chi connectivity index (χ3n) is 3.94. The molecule has 0 radical (unpaired) electrons. The molecule has 0 saturated carbocycles. The van der Waals surface area contributed by atoms with Gasteiger partial charge >= 0.3 is 0 Å². The molecule has 2 rings (SSSR count). The van der Waals surface area contributed by atoms with E-state index in [1.165, 1.54) is 0 Å². The van der Waals surface area contributed by atoms with Gasteiger partial charge in [-0.1, -0.05) is 0 Å². The van der Waals surface area contributed by atoms with Crippen molar-refractivity contribution in [2.75, 3.05) is 26.7 Å². The van der Waals surface area contributed by atoms with Crippen LogP contribution in [0, 0.1) is 0 Å². The molecular weight excluding hydrogens is 202 g/mol. The van der Waals surface area contributed by atoms with Crippen LogP contribution in [0.25, 0.3) is 0 Å². The lowest BCUT2D eigenvalue weighted by Gasteiger charge is -2.38. The molecule has 92 valence electrons. The molecule has 0 aromatic carbocycles. The molecule has 4 heteroatoms. The minimum absolute atomic E-state index is 0.0746. The van der Waals surface area contributed by atoms with Crippen LogP contribution in [0.4, 0.5) is 0 Å². The highest BCUT2D eigenvalue weighted by Crippen LogP contribution is 2.16. The summed E-state index contributed by atoms with van der Waals surface area (Å²) in [5.41, 5.74) is 0. The number of likely N-dealkylation sites (N-methyl/N-ethyl adjacent to an activating group) is 1. The molecule has 0 aliphatic carbocycles. The largest absolute Gasteiger partial charge is 0.339 e. The fraction of sp³-hybridized carbons (Fsp3) is 0.917. The van der Waals surface area contributed by atoms with Crippen LogP contribution in [0.2, 0.25) is 0 Å². The predicted octanol–water partition coefficient (Wildman–Crippen LogP) is 0.289. The molecule has 3 atom stereocenters. The van der Waals surface area contributed by atoms with Crippen LogP contribution in [0.3, 0.4) is 0 Å². The monoisotopic (exact) mass is 225 g/mol. The van der Waals surface area contributed by atoms with E-state index in [-0.39, 0.29) is 6.04 Å². The van der Waals surface area contributed by atoms with Gasteiger partial charge in [-0.2, -0.15) is 0 Å². The number of piperazine rings is 1. The summed E-state index contributed by atoms with van der Waals surface area (Å²) < 4.78 is 0. The summed E-state index contributed by atoms with van der Waals surface area (Å²) in [7, 11) is 2.13. The molecule has 2 saturated heterocycles. The zero-order valence-electron chi connectivity index (χ0n) is 10.6. The number of carbonyl (C=O) groups excluding carboxylic acids is 1. The Morgan fingerprint density at radius 1 is 1.25 bits per heavy atom. The fourth-order valence-electron chi connectivity index (χ4n) is 2.59.